The second-order valence-electron chi connectivity index (χ2n) is 4.34. The highest BCUT2D eigenvalue weighted by Gasteiger charge is 2.13. The van der Waals surface area contributed by atoms with Gasteiger partial charge in [-0.25, -0.2) is 0 Å². The van der Waals surface area contributed by atoms with Gasteiger partial charge in [-0.2, -0.15) is 0 Å². The second-order valence-corrected chi connectivity index (χ2v) is 7.35. The van der Waals surface area contributed by atoms with Gasteiger partial charge in [0.05, 0.1) is 0 Å². The number of likely N-dealkylation sites (N-methyl/N-ethyl adjacent to an activating group) is 1. The third-order valence-electron chi connectivity index (χ3n) is 3.04. The predicted molar refractivity (Wildman–Crippen MR) is 96.5 cm³/mol. The summed E-state index contributed by atoms with van der Waals surface area (Å²) in [7, 11) is 2.01. The van der Waals surface area contributed by atoms with Gasteiger partial charge in [0.25, 0.3) is 0 Å². The lowest BCUT2D eigenvalue weighted by Gasteiger charge is -2.18. The van der Waals surface area contributed by atoms with E-state index in [1.807, 2.05) is 7.05 Å². The van der Waals surface area contributed by atoms with E-state index in [1.165, 1.54) is 14.7 Å². The summed E-state index contributed by atoms with van der Waals surface area (Å²) in [4.78, 5) is 0. The molecular weight excluding hydrogens is 481 g/mol. The van der Waals surface area contributed by atoms with Crippen molar-refractivity contribution in [3.63, 3.8) is 0 Å². The van der Waals surface area contributed by atoms with Gasteiger partial charge in [0.15, 0.2) is 0 Å². The summed E-state index contributed by atoms with van der Waals surface area (Å²) in [5, 5.41) is 3.39. The minimum Gasteiger partial charge on any atom is -0.313 e. The summed E-state index contributed by atoms with van der Waals surface area (Å²) in [6.45, 7) is 0. The first-order valence-corrected chi connectivity index (χ1v) is 8.63. The molecule has 0 saturated carbocycles. The molecule has 19 heavy (non-hydrogen) atoms. The van der Waals surface area contributed by atoms with E-state index in [1.54, 1.807) is 0 Å². The van der Waals surface area contributed by atoms with Gasteiger partial charge in [-0.3, -0.25) is 0 Å². The van der Waals surface area contributed by atoms with Crippen LogP contribution in [0.15, 0.2) is 51.4 Å². The van der Waals surface area contributed by atoms with E-state index in [-0.39, 0.29) is 0 Å². The summed E-state index contributed by atoms with van der Waals surface area (Å²) in [6, 6.07) is 15.3. The van der Waals surface area contributed by atoms with E-state index in [9.17, 15) is 0 Å². The average Bonchev–Trinajstić information content (AvgIpc) is 2.39. The fourth-order valence-electron chi connectivity index (χ4n) is 2.01. The van der Waals surface area contributed by atoms with Crippen molar-refractivity contribution in [2.75, 3.05) is 7.05 Å². The molecule has 2 rings (SSSR count). The zero-order valence-electron chi connectivity index (χ0n) is 10.5. The Labute approximate surface area is 144 Å². The van der Waals surface area contributed by atoms with E-state index in [0.717, 1.165) is 15.4 Å². The topological polar surface area (TPSA) is 12.0 Å². The van der Waals surface area contributed by atoms with Crippen LogP contribution in [-0.4, -0.2) is 7.05 Å². The molecule has 0 aliphatic carbocycles. The zero-order valence-corrected chi connectivity index (χ0v) is 15.8. The third kappa shape index (κ3) is 4.28. The van der Waals surface area contributed by atoms with E-state index >= 15 is 0 Å². The highest BCUT2D eigenvalue weighted by atomic mass is 127. The van der Waals surface area contributed by atoms with Crippen molar-refractivity contribution in [2.45, 2.75) is 12.5 Å². The van der Waals surface area contributed by atoms with Crippen LogP contribution in [0.5, 0.6) is 0 Å². The number of hydrogen-bond acceptors (Lipinski definition) is 1. The lowest BCUT2D eigenvalue weighted by molar-refractivity contribution is 0.589. The van der Waals surface area contributed by atoms with E-state index in [4.69, 9.17) is 0 Å². The Balaban J connectivity index is 2.22. The maximum atomic E-state index is 3.64. The van der Waals surface area contributed by atoms with Crippen molar-refractivity contribution in [2.24, 2.45) is 0 Å². The molecule has 0 spiro atoms. The van der Waals surface area contributed by atoms with E-state index in [0.29, 0.717) is 6.04 Å². The van der Waals surface area contributed by atoms with Crippen LogP contribution in [0.25, 0.3) is 0 Å². The minimum atomic E-state index is 0.308. The summed E-state index contributed by atoms with van der Waals surface area (Å²) in [5.74, 6) is 0. The molecule has 0 fully saturated rings. The average molecular weight is 495 g/mol. The molecule has 0 aromatic heterocycles. The molecular formula is C15H14Br2IN. The van der Waals surface area contributed by atoms with Gasteiger partial charge >= 0.3 is 0 Å². The minimum absolute atomic E-state index is 0.308. The predicted octanol–water partition coefficient (Wildman–Crippen LogP) is 5.32. The molecule has 0 saturated heterocycles. The molecule has 0 heterocycles. The first-order chi connectivity index (χ1) is 9.10. The molecule has 1 atom stereocenters. The van der Waals surface area contributed by atoms with E-state index < -0.39 is 0 Å². The van der Waals surface area contributed by atoms with Crippen molar-refractivity contribution < 1.29 is 0 Å². The standard InChI is InChI=1S/C15H14Br2IN/c1-19-15(8-10-2-5-12(18)6-3-10)13-7-4-11(16)9-14(13)17/h2-7,9,15,19H,8H2,1H3. The molecule has 0 aliphatic heterocycles. The number of halogens is 3. The lowest BCUT2D eigenvalue weighted by atomic mass is 9.99. The van der Waals surface area contributed by atoms with Crippen LogP contribution in [0.4, 0.5) is 0 Å². The number of benzene rings is 2. The molecule has 1 N–H and O–H groups in total. The van der Waals surface area contributed by atoms with Crippen LogP contribution in [-0.2, 0) is 6.42 Å². The Bertz CT molecular complexity index is 555. The smallest absolute Gasteiger partial charge is 0.0369 e. The molecule has 4 heteroatoms. The zero-order chi connectivity index (χ0) is 13.8. The summed E-state index contributed by atoms with van der Waals surface area (Å²) >= 11 is 9.46. The van der Waals surface area contributed by atoms with Crippen LogP contribution in [0.3, 0.4) is 0 Å². The van der Waals surface area contributed by atoms with Crippen LogP contribution in [0.1, 0.15) is 17.2 Å². The largest absolute Gasteiger partial charge is 0.313 e. The molecule has 1 nitrogen and oxygen atoms in total. The van der Waals surface area contributed by atoms with Crippen molar-refractivity contribution in [3.8, 4) is 0 Å². The summed E-state index contributed by atoms with van der Waals surface area (Å²) in [6.07, 6.45) is 0.980. The number of rotatable bonds is 4. The molecule has 100 valence electrons. The molecule has 0 aliphatic rings. The van der Waals surface area contributed by atoms with Crippen LogP contribution >= 0.6 is 54.5 Å². The van der Waals surface area contributed by atoms with Crippen molar-refractivity contribution in [1.82, 2.24) is 5.32 Å². The van der Waals surface area contributed by atoms with Crippen LogP contribution < -0.4 is 5.32 Å². The third-order valence-corrected chi connectivity index (χ3v) is 4.94. The Kier molecular flexibility index (Phi) is 5.87. The molecule has 1 unspecified atom stereocenters. The maximum absolute atomic E-state index is 3.64. The summed E-state index contributed by atoms with van der Waals surface area (Å²) in [5.41, 5.74) is 2.62. The SMILES string of the molecule is CNC(Cc1ccc(I)cc1)c1ccc(Br)cc1Br. The lowest BCUT2D eigenvalue weighted by Crippen LogP contribution is -2.19. The number of hydrogen-bond donors (Lipinski definition) is 1. The first-order valence-electron chi connectivity index (χ1n) is 5.97. The quantitative estimate of drug-likeness (QED) is 0.567. The van der Waals surface area contributed by atoms with Gasteiger partial charge < -0.3 is 5.32 Å². The first kappa shape index (κ1) is 15.5. The molecule has 2 aromatic carbocycles. The van der Waals surface area contributed by atoms with Crippen LogP contribution in [0, 0.1) is 3.57 Å². The van der Waals surface area contributed by atoms with Gasteiger partial charge in [-0.05, 0) is 71.5 Å². The molecule has 0 bridgehead atoms. The van der Waals surface area contributed by atoms with E-state index in [2.05, 4.69) is 102 Å². The number of nitrogens with one attached hydrogen (secondary N) is 1. The van der Waals surface area contributed by atoms with Gasteiger partial charge in [0.1, 0.15) is 0 Å². The van der Waals surface area contributed by atoms with Crippen molar-refractivity contribution >= 4 is 54.5 Å². The Morgan fingerprint density at radius 1 is 1.11 bits per heavy atom. The highest BCUT2D eigenvalue weighted by molar-refractivity contribution is 14.1. The molecule has 0 radical (unpaired) electrons. The second kappa shape index (κ2) is 7.20. The van der Waals surface area contributed by atoms with Crippen molar-refractivity contribution in [3.05, 3.63) is 66.1 Å². The Hall–Kier alpha value is 0.0900. The molecule has 2 aromatic rings. The molecule has 0 amide bonds. The monoisotopic (exact) mass is 493 g/mol. The Morgan fingerprint density at radius 3 is 2.37 bits per heavy atom. The van der Waals surface area contributed by atoms with Crippen LogP contribution in [0.2, 0.25) is 0 Å². The van der Waals surface area contributed by atoms with Gasteiger partial charge in [0.2, 0.25) is 0 Å². The highest BCUT2D eigenvalue weighted by Crippen LogP contribution is 2.28. The van der Waals surface area contributed by atoms with Crippen molar-refractivity contribution in [1.29, 1.82) is 0 Å². The summed E-state index contributed by atoms with van der Waals surface area (Å²) < 4.78 is 3.49. The maximum Gasteiger partial charge on any atom is 0.0369 e. The van der Waals surface area contributed by atoms with Gasteiger partial charge in [-0.1, -0.05) is 50.1 Å². The fraction of sp³-hybridized carbons (Fsp3) is 0.200. The van der Waals surface area contributed by atoms with Gasteiger partial charge in [0, 0.05) is 18.6 Å². The fourth-order valence-corrected chi connectivity index (χ4v) is 3.69. The Morgan fingerprint density at radius 2 is 1.79 bits per heavy atom. The normalized spacial score (nSPS) is 12.4. The van der Waals surface area contributed by atoms with Gasteiger partial charge in [-0.15, -0.1) is 0 Å².